The van der Waals surface area contributed by atoms with Gasteiger partial charge in [0.05, 0.1) is 12.1 Å². The lowest BCUT2D eigenvalue weighted by molar-refractivity contribution is 0.0235. The topological polar surface area (TPSA) is 61.6 Å². The quantitative estimate of drug-likeness (QED) is 0.850. The molecule has 1 N–H and O–H groups in total. The summed E-state index contributed by atoms with van der Waals surface area (Å²) in [6, 6.07) is 1.75. The molecule has 1 amide bonds. The van der Waals surface area contributed by atoms with Gasteiger partial charge in [0, 0.05) is 25.8 Å². The first-order chi connectivity index (χ1) is 9.43. The third kappa shape index (κ3) is 3.37. The van der Waals surface area contributed by atoms with E-state index < -0.39 is 5.60 Å². The highest BCUT2D eigenvalue weighted by atomic mass is 16.3. The van der Waals surface area contributed by atoms with Gasteiger partial charge in [0.15, 0.2) is 0 Å². The van der Waals surface area contributed by atoms with Crippen molar-refractivity contribution in [2.75, 3.05) is 33.7 Å². The van der Waals surface area contributed by atoms with Gasteiger partial charge >= 0.3 is 0 Å². The molecule has 0 aromatic carbocycles. The van der Waals surface area contributed by atoms with Crippen LogP contribution in [0.3, 0.4) is 0 Å². The van der Waals surface area contributed by atoms with Crippen LogP contribution in [0, 0.1) is 0 Å². The third-order valence-corrected chi connectivity index (χ3v) is 3.54. The Labute approximate surface area is 120 Å². The maximum Gasteiger partial charge on any atom is 0.274 e. The summed E-state index contributed by atoms with van der Waals surface area (Å²) < 4.78 is 1.79. The molecule has 20 heavy (non-hydrogen) atoms. The van der Waals surface area contributed by atoms with E-state index in [1.54, 1.807) is 15.6 Å². The number of β-amino-alcohol motifs (C(OH)–C–C–N with tert-alkyl or cyclic N) is 1. The van der Waals surface area contributed by atoms with E-state index in [9.17, 15) is 9.90 Å². The Kier molecular flexibility index (Phi) is 4.45. The number of likely N-dealkylation sites (tertiary alicyclic amines) is 1. The number of aliphatic hydroxyl groups is 1. The maximum absolute atomic E-state index is 12.4. The van der Waals surface area contributed by atoms with Gasteiger partial charge in [-0.05, 0) is 33.0 Å². The van der Waals surface area contributed by atoms with Crippen molar-refractivity contribution in [3.05, 3.63) is 18.0 Å². The van der Waals surface area contributed by atoms with Crippen LogP contribution in [0.5, 0.6) is 0 Å². The minimum absolute atomic E-state index is 0.0884. The molecule has 112 valence electrons. The van der Waals surface area contributed by atoms with E-state index in [1.165, 1.54) is 0 Å². The molecule has 1 saturated heterocycles. The van der Waals surface area contributed by atoms with Crippen molar-refractivity contribution in [3.8, 4) is 0 Å². The Hall–Kier alpha value is -1.40. The lowest BCUT2D eigenvalue weighted by Gasteiger charge is -2.26. The number of rotatable bonds is 5. The molecule has 1 aliphatic heterocycles. The molecule has 0 saturated carbocycles. The second-order valence-corrected chi connectivity index (χ2v) is 5.90. The standard InChI is InChI=1S/C14H24N4O2/c1-4-7-18-8-5-12(15-18)13(19)17-9-6-14(20,11-17)10-16(2)3/h5,8,20H,4,6-7,9-11H2,1-3H3. The van der Waals surface area contributed by atoms with Crippen molar-refractivity contribution >= 4 is 5.91 Å². The molecule has 1 atom stereocenters. The molecule has 1 fully saturated rings. The van der Waals surface area contributed by atoms with Gasteiger partial charge in [0.25, 0.3) is 5.91 Å². The SMILES string of the molecule is CCCn1ccc(C(=O)N2CCC(O)(CN(C)C)C2)n1. The zero-order valence-electron chi connectivity index (χ0n) is 12.5. The molecule has 2 heterocycles. The van der Waals surface area contributed by atoms with E-state index >= 15 is 0 Å². The molecule has 0 bridgehead atoms. The lowest BCUT2D eigenvalue weighted by atomic mass is 10.0. The van der Waals surface area contributed by atoms with Crippen molar-refractivity contribution in [3.63, 3.8) is 0 Å². The van der Waals surface area contributed by atoms with Crippen LogP contribution in [-0.2, 0) is 6.54 Å². The Balaban J connectivity index is 2.00. The lowest BCUT2D eigenvalue weighted by Crippen LogP contribution is -2.43. The Bertz CT molecular complexity index is 471. The second kappa shape index (κ2) is 5.93. The van der Waals surface area contributed by atoms with Crippen LogP contribution in [-0.4, -0.2) is 69.9 Å². The zero-order valence-corrected chi connectivity index (χ0v) is 12.5. The summed E-state index contributed by atoms with van der Waals surface area (Å²) >= 11 is 0. The smallest absolute Gasteiger partial charge is 0.274 e. The van der Waals surface area contributed by atoms with Gasteiger partial charge in [-0.1, -0.05) is 6.92 Å². The van der Waals surface area contributed by atoms with E-state index in [0.29, 0.717) is 31.7 Å². The monoisotopic (exact) mass is 280 g/mol. The first kappa shape index (κ1) is 15.0. The summed E-state index contributed by atoms with van der Waals surface area (Å²) in [6.45, 7) is 4.43. The van der Waals surface area contributed by atoms with Crippen LogP contribution in [0.15, 0.2) is 12.3 Å². The number of carbonyl (C=O) groups excluding carboxylic acids is 1. The molecule has 0 radical (unpaired) electrons. The molecule has 1 aromatic heterocycles. The van der Waals surface area contributed by atoms with E-state index in [2.05, 4.69) is 12.0 Å². The molecular weight excluding hydrogens is 256 g/mol. The summed E-state index contributed by atoms with van der Waals surface area (Å²) in [5.41, 5.74) is -0.335. The fraction of sp³-hybridized carbons (Fsp3) is 0.714. The number of carbonyl (C=O) groups is 1. The first-order valence-electron chi connectivity index (χ1n) is 7.13. The van der Waals surface area contributed by atoms with E-state index in [-0.39, 0.29) is 5.91 Å². The Morgan fingerprint density at radius 3 is 2.95 bits per heavy atom. The van der Waals surface area contributed by atoms with Gasteiger partial charge in [-0.3, -0.25) is 9.48 Å². The van der Waals surface area contributed by atoms with E-state index in [1.807, 2.05) is 25.2 Å². The van der Waals surface area contributed by atoms with Crippen LogP contribution in [0.1, 0.15) is 30.3 Å². The summed E-state index contributed by atoms with van der Waals surface area (Å²) in [5.74, 6) is -0.0884. The van der Waals surface area contributed by atoms with Gasteiger partial charge in [-0.15, -0.1) is 0 Å². The molecule has 6 nitrogen and oxygen atoms in total. The van der Waals surface area contributed by atoms with E-state index in [0.717, 1.165) is 13.0 Å². The number of aromatic nitrogens is 2. The summed E-state index contributed by atoms with van der Waals surface area (Å²) in [5, 5.41) is 14.7. The predicted molar refractivity (Wildman–Crippen MR) is 76.5 cm³/mol. The average molecular weight is 280 g/mol. The van der Waals surface area contributed by atoms with Gasteiger partial charge in [0.2, 0.25) is 0 Å². The van der Waals surface area contributed by atoms with Crippen LogP contribution in [0.2, 0.25) is 0 Å². The van der Waals surface area contributed by atoms with Crippen molar-refractivity contribution in [1.82, 2.24) is 19.6 Å². The Morgan fingerprint density at radius 1 is 1.55 bits per heavy atom. The number of amides is 1. The summed E-state index contributed by atoms with van der Waals surface area (Å²) in [7, 11) is 3.85. The number of aryl methyl sites for hydroxylation is 1. The molecule has 6 heteroatoms. The molecular formula is C14H24N4O2. The normalized spacial score (nSPS) is 22.8. The molecule has 1 aromatic rings. The van der Waals surface area contributed by atoms with Gasteiger partial charge < -0.3 is 14.9 Å². The third-order valence-electron chi connectivity index (χ3n) is 3.54. The second-order valence-electron chi connectivity index (χ2n) is 5.90. The minimum atomic E-state index is -0.800. The van der Waals surface area contributed by atoms with Gasteiger partial charge in [-0.2, -0.15) is 5.10 Å². The van der Waals surface area contributed by atoms with Crippen LogP contribution >= 0.6 is 0 Å². The van der Waals surface area contributed by atoms with Gasteiger partial charge in [0.1, 0.15) is 5.69 Å². The fourth-order valence-electron chi connectivity index (χ4n) is 2.74. The first-order valence-corrected chi connectivity index (χ1v) is 7.13. The van der Waals surface area contributed by atoms with E-state index in [4.69, 9.17) is 0 Å². The predicted octanol–water partition coefficient (Wildman–Crippen LogP) is 0.432. The highest BCUT2D eigenvalue weighted by molar-refractivity contribution is 5.92. The molecule has 0 spiro atoms. The van der Waals surface area contributed by atoms with Crippen molar-refractivity contribution in [2.24, 2.45) is 0 Å². The van der Waals surface area contributed by atoms with Crippen LogP contribution < -0.4 is 0 Å². The Morgan fingerprint density at radius 2 is 2.30 bits per heavy atom. The highest BCUT2D eigenvalue weighted by Gasteiger charge is 2.39. The largest absolute Gasteiger partial charge is 0.387 e. The minimum Gasteiger partial charge on any atom is -0.387 e. The van der Waals surface area contributed by atoms with Crippen molar-refractivity contribution in [2.45, 2.75) is 31.9 Å². The fourth-order valence-corrected chi connectivity index (χ4v) is 2.74. The van der Waals surface area contributed by atoms with Crippen LogP contribution in [0.4, 0.5) is 0 Å². The number of hydrogen-bond donors (Lipinski definition) is 1. The summed E-state index contributed by atoms with van der Waals surface area (Å²) in [6.07, 6.45) is 3.44. The average Bonchev–Trinajstić information content (AvgIpc) is 2.95. The number of likely N-dealkylation sites (N-methyl/N-ethyl adjacent to an activating group) is 1. The molecule has 2 rings (SSSR count). The van der Waals surface area contributed by atoms with Crippen molar-refractivity contribution in [1.29, 1.82) is 0 Å². The zero-order chi connectivity index (χ0) is 14.8. The van der Waals surface area contributed by atoms with Gasteiger partial charge in [-0.25, -0.2) is 0 Å². The van der Waals surface area contributed by atoms with Crippen LogP contribution in [0.25, 0.3) is 0 Å². The maximum atomic E-state index is 12.4. The number of nitrogens with zero attached hydrogens (tertiary/aromatic N) is 4. The van der Waals surface area contributed by atoms with Crippen molar-refractivity contribution < 1.29 is 9.90 Å². The molecule has 0 aliphatic carbocycles. The number of hydrogen-bond acceptors (Lipinski definition) is 4. The highest BCUT2D eigenvalue weighted by Crippen LogP contribution is 2.23. The summed E-state index contributed by atoms with van der Waals surface area (Å²) in [4.78, 5) is 16.0. The molecule has 1 aliphatic rings. The molecule has 1 unspecified atom stereocenters.